The van der Waals surface area contributed by atoms with Gasteiger partial charge in [0.15, 0.2) is 0 Å². The lowest BCUT2D eigenvalue weighted by Gasteiger charge is -2.32. The molecule has 1 saturated carbocycles. The summed E-state index contributed by atoms with van der Waals surface area (Å²) in [5, 5.41) is 0. The van der Waals surface area contributed by atoms with Crippen LogP contribution in [0, 0.1) is 5.92 Å². The predicted octanol–water partition coefficient (Wildman–Crippen LogP) is 3.50. The number of benzene rings is 1. The first-order valence-electron chi connectivity index (χ1n) is 9.17. The molecule has 0 spiro atoms. The number of nitrogens with zero attached hydrogens (tertiary/aromatic N) is 1. The molecule has 1 heterocycles. The highest BCUT2D eigenvalue weighted by atomic mass is 32.2. The SMILES string of the molecule is CC1CCN(c2ccc(NS(=O)(=O)NC3CCCCC3)cc2)CC1. The topological polar surface area (TPSA) is 61.4 Å². The number of anilines is 2. The standard InChI is InChI=1S/C18H29N3O2S/c1-15-11-13-21(14-12-15)18-9-7-17(8-10-18)20-24(22,23)19-16-5-3-2-4-6-16/h7-10,15-16,19-20H,2-6,11-14H2,1H3. The summed E-state index contributed by atoms with van der Waals surface area (Å²) in [6.07, 6.45) is 7.74. The molecule has 1 aromatic rings. The minimum absolute atomic E-state index is 0.0749. The van der Waals surface area contributed by atoms with Crippen LogP contribution >= 0.6 is 0 Å². The normalized spacial score (nSPS) is 21.0. The summed E-state index contributed by atoms with van der Waals surface area (Å²) in [5.41, 5.74) is 1.79. The fourth-order valence-electron chi connectivity index (χ4n) is 3.63. The Morgan fingerprint density at radius 1 is 0.958 bits per heavy atom. The number of piperidine rings is 1. The molecule has 2 N–H and O–H groups in total. The zero-order valence-electron chi connectivity index (χ0n) is 14.5. The van der Waals surface area contributed by atoms with Crippen molar-refractivity contribution in [1.82, 2.24) is 4.72 Å². The van der Waals surface area contributed by atoms with Crippen LogP contribution in [0.5, 0.6) is 0 Å². The van der Waals surface area contributed by atoms with Gasteiger partial charge in [-0.15, -0.1) is 0 Å². The molecule has 1 aliphatic carbocycles. The van der Waals surface area contributed by atoms with Crippen molar-refractivity contribution >= 4 is 21.6 Å². The fourth-order valence-corrected chi connectivity index (χ4v) is 4.81. The number of rotatable bonds is 5. The molecule has 134 valence electrons. The predicted molar refractivity (Wildman–Crippen MR) is 99.6 cm³/mol. The van der Waals surface area contributed by atoms with Crippen molar-refractivity contribution < 1.29 is 8.42 Å². The van der Waals surface area contributed by atoms with E-state index in [4.69, 9.17) is 0 Å². The van der Waals surface area contributed by atoms with Gasteiger partial charge in [0.1, 0.15) is 0 Å². The van der Waals surface area contributed by atoms with Crippen molar-refractivity contribution in [3.05, 3.63) is 24.3 Å². The third-order valence-corrected chi connectivity index (χ3v) is 6.34. The summed E-state index contributed by atoms with van der Waals surface area (Å²) in [4.78, 5) is 2.37. The minimum atomic E-state index is -3.49. The third-order valence-electron chi connectivity index (χ3n) is 5.20. The maximum absolute atomic E-state index is 12.3. The van der Waals surface area contributed by atoms with Gasteiger partial charge < -0.3 is 4.90 Å². The molecule has 1 aliphatic heterocycles. The maximum atomic E-state index is 12.3. The van der Waals surface area contributed by atoms with E-state index < -0.39 is 10.2 Å². The van der Waals surface area contributed by atoms with Crippen molar-refractivity contribution in [2.24, 2.45) is 5.92 Å². The molecule has 3 rings (SSSR count). The minimum Gasteiger partial charge on any atom is -0.372 e. The van der Waals surface area contributed by atoms with Crippen molar-refractivity contribution in [3.8, 4) is 0 Å². The Kier molecular flexibility index (Phi) is 5.66. The molecular weight excluding hydrogens is 322 g/mol. The summed E-state index contributed by atoms with van der Waals surface area (Å²) in [7, 11) is -3.49. The van der Waals surface area contributed by atoms with Crippen LogP contribution < -0.4 is 14.3 Å². The van der Waals surface area contributed by atoms with Gasteiger partial charge in [0.25, 0.3) is 10.2 Å². The highest BCUT2D eigenvalue weighted by molar-refractivity contribution is 7.90. The summed E-state index contributed by atoms with van der Waals surface area (Å²) in [6.45, 7) is 4.46. The van der Waals surface area contributed by atoms with E-state index >= 15 is 0 Å². The Morgan fingerprint density at radius 3 is 2.21 bits per heavy atom. The Labute approximate surface area is 146 Å². The molecule has 2 aliphatic rings. The van der Waals surface area contributed by atoms with Crippen LogP contribution in [0.15, 0.2) is 24.3 Å². The molecule has 0 atom stereocenters. The Hall–Kier alpha value is -1.27. The number of hydrogen-bond acceptors (Lipinski definition) is 3. The van der Waals surface area contributed by atoms with Crippen molar-refractivity contribution in [2.45, 2.75) is 57.9 Å². The second-order valence-electron chi connectivity index (χ2n) is 7.27. The van der Waals surface area contributed by atoms with Gasteiger partial charge in [-0.1, -0.05) is 26.2 Å². The third kappa shape index (κ3) is 4.86. The highest BCUT2D eigenvalue weighted by Crippen LogP contribution is 2.24. The Morgan fingerprint density at radius 2 is 1.58 bits per heavy atom. The van der Waals surface area contributed by atoms with Crippen LogP contribution in [-0.2, 0) is 10.2 Å². The van der Waals surface area contributed by atoms with Crippen molar-refractivity contribution in [3.63, 3.8) is 0 Å². The molecule has 0 radical (unpaired) electrons. The molecule has 1 saturated heterocycles. The largest absolute Gasteiger partial charge is 0.372 e. The van der Waals surface area contributed by atoms with Crippen LogP contribution in [0.3, 0.4) is 0 Å². The van der Waals surface area contributed by atoms with Crippen molar-refractivity contribution in [1.29, 1.82) is 0 Å². The first-order chi connectivity index (χ1) is 11.5. The molecule has 0 aromatic heterocycles. The maximum Gasteiger partial charge on any atom is 0.299 e. The van der Waals surface area contributed by atoms with Crippen LogP contribution in [0.25, 0.3) is 0 Å². The average Bonchev–Trinajstić information content (AvgIpc) is 2.56. The van der Waals surface area contributed by atoms with Gasteiger partial charge in [-0.05, 0) is 55.9 Å². The Bertz CT molecular complexity index is 616. The number of nitrogens with one attached hydrogen (secondary N) is 2. The summed E-state index contributed by atoms with van der Waals surface area (Å²) < 4.78 is 29.9. The van der Waals surface area contributed by atoms with Gasteiger partial charge in [-0.3, -0.25) is 4.72 Å². The highest BCUT2D eigenvalue weighted by Gasteiger charge is 2.20. The lowest BCUT2D eigenvalue weighted by molar-refractivity contribution is 0.413. The lowest BCUT2D eigenvalue weighted by atomic mass is 9.96. The van der Waals surface area contributed by atoms with E-state index in [9.17, 15) is 8.42 Å². The summed E-state index contributed by atoms with van der Waals surface area (Å²) in [6, 6.07) is 7.80. The van der Waals surface area contributed by atoms with E-state index in [1.165, 1.54) is 24.9 Å². The van der Waals surface area contributed by atoms with Gasteiger partial charge in [-0.25, -0.2) is 0 Å². The summed E-state index contributed by atoms with van der Waals surface area (Å²) >= 11 is 0. The van der Waals surface area contributed by atoms with E-state index in [0.29, 0.717) is 5.69 Å². The van der Waals surface area contributed by atoms with E-state index in [1.54, 1.807) is 0 Å². The Balaban J connectivity index is 1.57. The molecule has 24 heavy (non-hydrogen) atoms. The second-order valence-corrected chi connectivity index (χ2v) is 8.72. The van der Waals surface area contributed by atoms with E-state index in [0.717, 1.165) is 44.7 Å². The van der Waals surface area contributed by atoms with Crippen LogP contribution in [0.1, 0.15) is 51.9 Å². The first-order valence-corrected chi connectivity index (χ1v) is 10.7. The van der Waals surface area contributed by atoms with E-state index in [2.05, 4.69) is 21.3 Å². The quantitative estimate of drug-likeness (QED) is 0.853. The molecule has 0 bridgehead atoms. The smallest absolute Gasteiger partial charge is 0.299 e. The molecular formula is C18H29N3O2S. The van der Waals surface area contributed by atoms with Gasteiger partial charge in [-0.2, -0.15) is 13.1 Å². The molecule has 2 fully saturated rings. The van der Waals surface area contributed by atoms with Gasteiger partial charge in [0.2, 0.25) is 0 Å². The van der Waals surface area contributed by atoms with Gasteiger partial charge in [0, 0.05) is 30.5 Å². The molecule has 5 nitrogen and oxygen atoms in total. The zero-order chi connectivity index (χ0) is 17.0. The number of hydrogen-bond donors (Lipinski definition) is 2. The van der Waals surface area contributed by atoms with Crippen LogP contribution in [0.4, 0.5) is 11.4 Å². The average molecular weight is 352 g/mol. The van der Waals surface area contributed by atoms with Crippen molar-refractivity contribution in [2.75, 3.05) is 22.7 Å². The van der Waals surface area contributed by atoms with E-state index in [1.807, 2.05) is 24.3 Å². The van der Waals surface area contributed by atoms with Crippen LogP contribution in [-0.4, -0.2) is 27.5 Å². The molecule has 0 amide bonds. The van der Waals surface area contributed by atoms with E-state index in [-0.39, 0.29) is 6.04 Å². The monoisotopic (exact) mass is 351 g/mol. The summed E-state index contributed by atoms with van der Waals surface area (Å²) in [5.74, 6) is 0.804. The zero-order valence-corrected chi connectivity index (χ0v) is 15.3. The van der Waals surface area contributed by atoms with Crippen LogP contribution in [0.2, 0.25) is 0 Å². The molecule has 1 aromatic carbocycles. The van der Waals surface area contributed by atoms with Gasteiger partial charge in [0.05, 0.1) is 0 Å². The first kappa shape index (κ1) is 17.5. The second kappa shape index (κ2) is 7.74. The lowest BCUT2D eigenvalue weighted by Crippen LogP contribution is -2.39. The molecule has 6 heteroatoms. The van der Waals surface area contributed by atoms with Gasteiger partial charge >= 0.3 is 0 Å². The fraction of sp³-hybridized carbons (Fsp3) is 0.667. The molecule has 0 unspecified atom stereocenters.